The molecule has 35 heavy (non-hydrogen) atoms. The molecule has 3 rings (SSSR count). The molecule has 1 aliphatic heterocycles. The molecule has 7 nitrogen and oxygen atoms in total. The Labute approximate surface area is 195 Å². The second-order valence-electron chi connectivity index (χ2n) is 8.02. The zero-order valence-corrected chi connectivity index (χ0v) is 18.6. The lowest BCUT2D eigenvalue weighted by Crippen LogP contribution is -2.47. The molecule has 2 N–H and O–H groups in total. The number of hydrogen-bond acceptors (Lipinski definition) is 5. The largest absolute Gasteiger partial charge is 0.434 e. The minimum Gasteiger partial charge on any atom is -0.434 e. The summed E-state index contributed by atoms with van der Waals surface area (Å²) in [4.78, 5) is 28.7. The predicted octanol–water partition coefficient (Wildman–Crippen LogP) is 4.26. The summed E-state index contributed by atoms with van der Waals surface area (Å²) in [7, 11) is 1.35. The fourth-order valence-electron chi connectivity index (χ4n) is 3.98. The molecule has 0 unspecified atom stereocenters. The summed E-state index contributed by atoms with van der Waals surface area (Å²) < 4.78 is 91.2. The first-order valence-corrected chi connectivity index (χ1v) is 10.3. The molecule has 190 valence electrons. The van der Waals surface area contributed by atoms with Crippen LogP contribution in [0.15, 0.2) is 36.5 Å². The van der Waals surface area contributed by atoms with Crippen LogP contribution < -0.4 is 15.4 Å². The molecule has 1 fully saturated rings. The van der Waals surface area contributed by atoms with Crippen molar-refractivity contribution < 1.29 is 45.4 Å². The molecular weight excluding hydrogens is 484 g/mol. The van der Waals surface area contributed by atoms with Gasteiger partial charge in [0.05, 0.1) is 0 Å². The molecule has 0 bridgehead atoms. The van der Waals surface area contributed by atoms with E-state index in [0.29, 0.717) is 6.07 Å². The number of nitrogens with one attached hydrogen (secondary N) is 2. The van der Waals surface area contributed by atoms with Crippen LogP contribution in [0.1, 0.15) is 35.8 Å². The fraction of sp³-hybridized carbons (Fsp3) is 0.409. The number of rotatable bonds is 6. The maximum atomic E-state index is 14.0. The van der Waals surface area contributed by atoms with E-state index >= 15 is 0 Å². The van der Waals surface area contributed by atoms with Gasteiger partial charge in [0.1, 0.15) is 23.4 Å². The Hall–Kier alpha value is -3.35. The number of amides is 2. The van der Waals surface area contributed by atoms with Crippen molar-refractivity contribution in [1.29, 1.82) is 0 Å². The molecule has 0 aliphatic carbocycles. The van der Waals surface area contributed by atoms with Crippen molar-refractivity contribution >= 4 is 17.5 Å². The van der Waals surface area contributed by atoms with E-state index in [1.165, 1.54) is 25.4 Å². The van der Waals surface area contributed by atoms with Gasteiger partial charge in [0.25, 0.3) is 11.8 Å². The van der Waals surface area contributed by atoms with E-state index < -0.39 is 59.7 Å². The van der Waals surface area contributed by atoms with Crippen molar-refractivity contribution in [2.24, 2.45) is 5.92 Å². The molecule has 1 aliphatic rings. The number of ether oxygens (including phenoxy) is 2. The number of anilines is 1. The monoisotopic (exact) mass is 505 g/mol. The molecule has 2 heterocycles. The summed E-state index contributed by atoms with van der Waals surface area (Å²) in [6.45, 7) is -1.50. The molecule has 4 atom stereocenters. The predicted molar refractivity (Wildman–Crippen MR) is 111 cm³/mol. The maximum Gasteiger partial charge on any atom is 0.417 e. The van der Waals surface area contributed by atoms with Gasteiger partial charge in [0.15, 0.2) is 5.60 Å². The number of carbonyl (C=O) groups is 2. The minimum atomic E-state index is -4.94. The van der Waals surface area contributed by atoms with Crippen molar-refractivity contribution in [2.45, 2.75) is 44.3 Å². The van der Waals surface area contributed by atoms with Crippen LogP contribution in [0.5, 0.6) is 5.75 Å². The third kappa shape index (κ3) is 5.19. The highest BCUT2D eigenvalue weighted by atomic mass is 19.4. The molecule has 1 saturated heterocycles. The molecule has 0 radical (unpaired) electrons. The Bertz CT molecular complexity index is 1110. The summed E-state index contributed by atoms with van der Waals surface area (Å²) in [6.07, 6.45) is -5.57. The van der Waals surface area contributed by atoms with E-state index in [-0.39, 0.29) is 16.9 Å². The van der Waals surface area contributed by atoms with Crippen LogP contribution in [-0.2, 0) is 9.53 Å². The topological polar surface area (TPSA) is 89.6 Å². The third-order valence-electron chi connectivity index (χ3n) is 5.96. The van der Waals surface area contributed by atoms with Crippen LogP contribution in [-0.4, -0.2) is 48.3 Å². The molecule has 2 amide bonds. The van der Waals surface area contributed by atoms with E-state index in [1.54, 1.807) is 0 Å². The van der Waals surface area contributed by atoms with Crippen LogP contribution >= 0.6 is 0 Å². The number of hydrogen-bond donors (Lipinski definition) is 2. The lowest BCUT2D eigenvalue weighted by Gasteiger charge is -2.32. The normalized spacial score (nSPS) is 24.3. The zero-order valence-electron chi connectivity index (χ0n) is 18.6. The summed E-state index contributed by atoms with van der Waals surface area (Å²) in [5.74, 6) is -6.21. The van der Waals surface area contributed by atoms with Crippen molar-refractivity contribution in [3.05, 3.63) is 53.6 Å². The quantitative estimate of drug-likeness (QED) is 0.573. The summed E-state index contributed by atoms with van der Waals surface area (Å²) >= 11 is 0. The standard InChI is InChI=1S/C22H21F6N3O4/c1-10-16(13-5-4-11(23)8-15(13)34-20(24)25)17(35-21(10,2)22(26,27)28)19(33)31-12-6-7-30-14(9-12)18(32)29-3/h4-10,16-17,20H,1-3H3,(H,29,32)(H,30,31,33)/t10-,16-,17-,21-/m1/s1. The van der Waals surface area contributed by atoms with Crippen LogP contribution in [0.4, 0.5) is 32.0 Å². The van der Waals surface area contributed by atoms with Gasteiger partial charge < -0.3 is 20.1 Å². The Morgan fingerprint density at radius 3 is 2.49 bits per heavy atom. The third-order valence-corrected chi connectivity index (χ3v) is 5.96. The van der Waals surface area contributed by atoms with Gasteiger partial charge >= 0.3 is 12.8 Å². The van der Waals surface area contributed by atoms with Gasteiger partial charge in [-0.3, -0.25) is 14.6 Å². The van der Waals surface area contributed by atoms with Gasteiger partial charge in [-0.2, -0.15) is 22.0 Å². The van der Waals surface area contributed by atoms with E-state index in [9.17, 15) is 35.9 Å². The van der Waals surface area contributed by atoms with Crippen LogP contribution in [0.25, 0.3) is 0 Å². The fourth-order valence-corrected chi connectivity index (χ4v) is 3.98. The summed E-state index contributed by atoms with van der Waals surface area (Å²) in [6, 6.07) is 4.93. The molecule has 1 aromatic carbocycles. The number of pyridine rings is 1. The molecule has 2 aromatic rings. The average molecular weight is 505 g/mol. The van der Waals surface area contributed by atoms with Crippen molar-refractivity contribution in [1.82, 2.24) is 10.3 Å². The highest BCUT2D eigenvalue weighted by molar-refractivity contribution is 5.97. The zero-order chi connectivity index (χ0) is 26.1. The maximum absolute atomic E-state index is 14.0. The van der Waals surface area contributed by atoms with Crippen LogP contribution in [0, 0.1) is 11.7 Å². The van der Waals surface area contributed by atoms with E-state index in [4.69, 9.17) is 4.74 Å². The minimum absolute atomic E-state index is 0.0300. The Balaban J connectivity index is 2.04. The molecule has 1 aromatic heterocycles. The summed E-state index contributed by atoms with van der Waals surface area (Å²) in [5, 5.41) is 4.71. The van der Waals surface area contributed by atoms with Crippen molar-refractivity contribution in [3.8, 4) is 5.75 Å². The van der Waals surface area contributed by atoms with Gasteiger partial charge in [-0.25, -0.2) is 4.39 Å². The smallest absolute Gasteiger partial charge is 0.417 e. The SMILES string of the molecule is CNC(=O)c1cc(NC(=O)[C@@H]2O[C@@](C)(C(F)(F)F)[C@H](C)[C@@H]2c2ccc(F)cc2OC(F)F)ccn1. The second kappa shape index (κ2) is 9.72. The summed E-state index contributed by atoms with van der Waals surface area (Å²) in [5.41, 5.74) is -3.15. The van der Waals surface area contributed by atoms with E-state index in [0.717, 1.165) is 26.0 Å². The highest BCUT2D eigenvalue weighted by Gasteiger charge is 2.65. The number of carbonyl (C=O) groups excluding carboxylic acids is 2. The Kier molecular flexibility index (Phi) is 7.29. The van der Waals surface area contributed by atoms with Crippen molar-refractivity contribution in [3.63, 3.8) is 0 Å². The number of nitrogens with zero attached hydrogens (tertiary/aromatic N) is 1. The number of aromatic nitrogens is 1. The van der Waals surface area contributed by atoms with Gasteiger partial charge in [0.2, 0.25) is 0 Å². The number of alkyl halides is 5. The first-order valence-electron chi connectivity index (χ1n) is 10.3. The van der Waals surface area contributed by atoms with Gasteiger partial charge in [-0.1, -0.05) is 13.0 Å². The van der Waals surface area contributed by atoms with Crippen LogP contribution in [0.2, 0.25) is 0 Å². The molecule has 0 saturated carbocycles. The number of halogens is 6. The molecule has 13 heteroatoms. The van der Waals surface area contributed by atoms with Gasteiger partial charge in [-0.05, 0) is 25.1 Å². The second-order valence-corrected chi connectivity index (χ2v) is 8.02. The first-order chi connectivity index (χ1) is 16.3. The number of benzene rings is 1. The van der Waals surface area contributed by atoms with Crippen LogP contribution in [0.3, 0.4) is 0 Å². The lowest BCUT2D eigenvalue weighted by molar-refractivity contribution is -0.272. The molecule has 0 spiro atoms. The highest BCUT2D eigenvalue weighted by Crippen LogP contribution is 2.54. The van der Waals surface area contributed by atoms with Gasteiger partial charge in [0, 0.05) is 42.4 Å². The first kappa shape index (κ1) is 26.3. The Morgan fingerprint density at radius 2 is 1.89 bits per heavy atom. The Morgan fingerprint density at radius 1 is 1.20 bits per heavy atom. The average Bonchev–Trinajstić information content (AvgIpc) is 3.05. The van der Waals surface area contributed by atoms with E-state index in [1.807, 2.05) is 0 Å². The molecular formula is C22H21F6N3O4. The van der Waals surface area contributed by atoms with Crippen molar-refractivity contribution in [2.75, 3.05) is 12.4 Å². The lowest BCUT2D eigenvalue weighted by atomic mass is 9.77. The van der Waals surface area contributed by atoms with E-state index in [2.05, 4.69) is 20.4 Å². The van der Waals surface area contributed by atoms with Gasteiger partial charge in [-0.15, -0.1) is 0 Å².